The van der Waals surface area contributed by atoms with Gasteiger partial charge in [-0.05, 0) is 48.4 Å². The molecule has 0 radical (unpaired) electrons. The maximum absolute atomic E-state index is 13.2. The van der Waals surface area contributed by atoms with E-state index in [1.165, 1.54) is 24.3 Å². The van der Waals surface area contributed by atoms with Gasteiger partial charge in [-0.15, -0.1) is 0 Å². The number of aryl methyl sites for hydroxylation is 1. The summed E-state index contributed by atoms with van der Waals surface area (Å²) in [4.78, 5) is 0. The predicted molar refractivity (Wildman–Crippen MR) is 66.6 cm³/mol. The molecule has 0 spiro atoms. The lowest BCUT2D eigenvalue weighted by molar-refractivity contribution is 0.218. The first-order valence-electron chi connectivity index (χ1n) is 5.38. The highest BCUT2D eigenvalue weighted by Crippen LogP contribution is 2.30. The average molecular weight is 269 g/mol. The summed E-state index contributed by atoms with van der Waals surface area (Å²) in [6.45, 7) is 1.74. The summed E-state index contributed by atoms with van der Waals surface area (Å²) >= 11 is 5.91. The van der Waals surface area contributed by atoms with Gasteiger partial charge < -0.3 is 5.11 Å². The van der Waals surface area contributed by atoms with E-state index in [1.54, 1.807) is 13.0 Å². The van der Waals surface area contributed by atoms with Crippen molar-refractivity contribution in [3.05, 3.63) is 69.7 Å². The SMILES string of the molecule is Cc1ccc(F)cc1C(O)c1cc(F)ccc1Cl. The van der Waals surface area contributed by atoms with Crippen molar-refractivity contribution in [3.8, 4) is 0 Å². The van der Waals surface area contributed by atoms with Crippen LogP contribution in [0.5, 0.6) is 0 Å². The molecule has 0 saturated heterocycles. The van der Waals surface area contributed by atoms with E-state index in [1.807, 2.05) is 0 Å². The number of aliphatic hydroxyl groups excluding tert-OH is 1. The van der Waals surface area contributed by atoms with Crippen molar-refractivity contribution in [1.82, 2.24) is 0 Å². The van der Waals surface area contributed by atoms with Crippen molar-refractivity contribution in [2.75, 3.05) is 0 Å². The molecule has 4 heteroatoms. The Hall–Kier alpha value is -1.45. The highest BCUT2D eigenvalue weighted by Gasteiger charge is 2.17. The number of hydrogen-bond acceptors (Lipinski definition) is 1. The molecule has 2 rings (SSSR count). The van der Waals surface area contributed by atoms with E-state index in [0.29, 0.717) is 11.1 Å². The molecule has 2 aromatic rings. The van der Waals surface area contributed by atoms with Crippen molar-refractivity contribution < 1.29 is 13.9 Å². The maximum atomic E-state index is 13.2. The van der Waals surface area contributed by atoms with Gasteiger partial charge in [-0.25, -0.2) is 8.78 Å². The zero-order chi connectivity index (χ0) is 13.3. The third-order valence-electron chi connectivity index (χ3n) is 2.79. The summed E-state index contributed by atoms with van der Waals surface area (Å²) in [6.07, 6.45) is -1.15. The van der Waals surface area contributed by atoms with Crippen LogP contribution in [0.4, 0.5) is 8.78 Å². The van der Waals surface area contributed by atoms with Crippen LogP contribution in [0.15, 0.2) is 36.4 Å². The van der Waals surface area contributed by atoms with Crippen LogP contribution < -0.4 is 0 Å². The molecule has 0 heterocycles. The number of aliphatic hydroxyl groups is 1. The van der Waals surface area contributed by atoms with Gasteiger partial charge >= 0.3 is 0 Å². The molecule has 18 heavy (non-hydrogen) atoms. The highest BCUT2D eigenvalue weighted by molar-refractivity contribution is 6.31. The molecule has 0 aliphatic rings. The van der Waals surface area contributed by atoms with Gasteiger partial charge in [0.25, 0.3) is 0 Å². The Balaban J connectivity index is 2.50. The lowest BCUT2D eigenvalue weighted by Crippen LogP contribution is -2.04. The van der Waals surface area contributed by atoms with Crippen molar-refractivity contribution in [2.45, 2.75) is 13.0 Å². The highest BCUT2D eigenvalue weighted by atomic mass is 35.5. The van der Waals surface area contributed by atoms with Gasteiger partial charge in [0.05, 0.1) is 0 Å². The number of benzene rings is 2. The van der Waals surface area contributed by atoms with Crippen LogP contribution in [0.25, 0.3) is 0 Å². The Morgan fingerprint density at radius 3 is 2.22 bits per heavy atom. The van der Waals surface area contributed by atoms with Crippen LogP contribution in [0.3, 0.4) is 0 Å². The number of hydrogen-bond donors (Lipinski definition) is 1. The van der Waals surface area contributed by atoms with Crippen molar-refractivity contribution in [1.29, 1.82) is 0 Å². The topological polar surface area (TPSA) is 20.2 Å². The standard InChI is InChI=1S/C14H11ClF2O/c1-8-2-3-9(16)6-11(8)14(18)12-7-10(17)4-5-13(12)15/h2-7,14,18H,1H3. The minimum Gasteiger partial charge on any atom is -0.384 e. The molecule has 0 bridgehead atoms. The smallest absolute Gasteiger partial charge is 0.123 e. The van der Waals surface area contributed by atoms with Crippen LogP contribution in [-0.4, -0.2) is 5.11 Å². The molecule has 0 aromatic heterocycles. The minimum atomic E-state index is -1.15. The summed E-state index contributed by atoms with van der Waals surface area (Å²) in [5.74, 6) is -0.954. The second-order valence-electron chi connectivity index (χ2n) is 4.07. The average Bonchev–Trinajstić information content (AvgIpc) is 2.34. The first kappa shape index (κ1) is 13.0. The lowest BCUT2D eigenvalue weighted by Gasteiger charge is -2.15. The van der Waals surface area contributed by atoms with Crippen LogP contribution >= 0.6 is 11.6 Å². The molecule has 1 unspecified atom stereocenters. The van der Waals surface area contributed by atoms with E-state index >= 15 is 0 Å². The molecular formula is C14H11ClF2O. The second kappa shape index (κ2) is 5.04. The van der Waals surface area contributed by atoms with Crippen LogP contribution in [0.1, 0.15) is 22.8 Å². The largest absolute Gasteiger partial charge is 0.384 e. The van der Waals surface area contributed by atoms with Gasteiger partial charge in [-0.2, -0.15) is 0 Å². The molecule has 1 atom stereocenters. The van der Waals surface area contributed by atoms with E-state index in [4.69, 9.17) is 11.6 Å². The second-order valence-corrected chi connectivity index (χ2v) is 4.48. The Bertz CT molecular complexity index is 533. The minimum absolute atomic E-state index is 0.227. The number of rotatable bonds is 2. The van der Waals surface area contributed by atoms with E-state index in [2.05, 4.69) is 0 Å². The molecule has 0 fully saturated rings. The predicted octanol–water partition coefficient (Wildman–Crippen LogP) is 4.01. The Morgan fingerprint density at radius 1 is 1.00 bits per heavy atom. The van der Waals surface area contributed by atoms with Gasteiger partial charge in [-0.3, -0.25) is 0 Å². The molecule has 2 aromatic carbocycles. The summed E-state index contributed by atoms with van der Waals surface area (Å²) in [5, 5.41) is 10.4. The van der Waals surface area contributed by atoms with Crippen molar-refractivity contribution in [2.24, 2.45) is 0 Å². The van der Waals surface area contributed by atoms with E-state index < -0.39 is 17.7 Å². The number of halogens is 3. The van der Waals surface area contributed by atoms with Gasteiger partial charge in [0, 0.05) is 10.6 Å². The Morgan fingerprint density at radius 2 is 1.56 bits per heavy atom. The molecule has 1 N–H and O–H groups in total. The quantitative estimate of drug-likeness (QED) is 0.873. The van der Waals surface area contributed by atoms with Crippen LogP contribution in [0.2, 0.25) is 5.02 Å². The van der Waals surface area contributed by atoms with Gasteiger partial charge in [0.2, 0.25) is 0 Å². The summed E-state index contributed by atoms with van der Waals surface area (Å²) in [7, 11) is 0. The molecular weight excluding hydrogens is 258 g/mol. The first-order chi connectivity index (χ1) is 8.49. The molecule has 94 valence electrons. The summed E-state index contributed by atoms with van der Waals surface area (Å²) < 4.78 is 26.3. The normalized spacial score (nSPS) is 12.5. The van der Waals surface area contributed by atoms with Crippen molar-refractivity contribution in [3.63, 3.8) is 0 Å². The molecule has 0 amide bonds. The molecule has 0 aliphatic heterocycles. The fourth-order valence-electron chi connectivity index (χ4n) is 1.80. The monoisotopic (exact) mass is 268 g/mol. The van der Waals surface area contributed by atoms with E-state index in [0.717, 1.165) is 6.07 Å². The molecule has 0 aliphatic carbocycles. The third kappa shape index (κ3) is 2.52. The van der Waals surface area contributed by atoms with Gasteiger partial charge in [0.15, 0.2) is 0 Å². The molecule has 1 nitrogen and oxygen atoms in total. The van der Waals surface area contributed by atoms with Gasteiger partial charge in [0.1, 0.15) is 17.7 Å². The first-order valence-corrected chi connectivity index (χ1v) is 5.76. The fourth-order valence-corrected chi connectivity index (χ4v) is 2.02. The van der Waals surface area contributed by atoms with Crippen molar-refractivity contribution >= 4 is 11.6 Å². The van der Waals surface area contributed by atoms with Gasteiger partial charge in [-0.1, -0.05) is 17.7 Å². The Labute approximate surface area is 109 Å². The summed E-state index contributed by atoms with van der Waals surface area (Å²) in [5.41, 5.74) is 1.32. The fraction of sp³-hybridized carbons (Fsp3) is 0.143. The molecule has 0 saturated carbocycles. The maximum Gasteiger partial charge on any atom is 0.123 e. The van der Waals surface area contributed by atoms with Crippen LogP contribution in [0, 0.1) is 18.6 Å². The van der Waals surface area contributed by atoms with Crippen LogP contribution in [-0.2, 0) is 0 Å². The van der Waals surface area contributed by atoms with E-state index in [-0.39, 0.29) is 10.6 Å². The zero-order valence-electron chi connectivity index (χ0n) is 9.62. The lowest BCUT2D eigenvalue weighted by atomic mass is 9.97. The Kier molecular flexibility index (Phi) is 3.64. The van der Waals surface area contributed by atoms with E-state index in [9.17, 15) is 13.9 Å². The zero-order valence-corrected chi connectivity index (χ0v) is 10.4. The third-order valence-corrected chi connectivity index (χ3v) is 3.13. The summed E-state index contributed by atoms with van der Waals surface area (Å²) in [6, 6.07) is 7.81.